The number of benzene rings is 1. The first-order valence-electron chi connectivity index (χ1n) is 8.47. The number of hydrogen-bond donors (Lipinski definition) is 1. The van der Waals surface area contributed by atoms with E-state index in [1.807, 2.05) is 0 Å². The average Bonchev–Trinajstić information content (AvgIpc) is 3.25. The van der Waals surface area contributed by atoms with Gasteiger partial charge in [0.15, 0.2) is 23.9 Å². The molecular weight excluding hydrogens is 386 g/mol. The topological polar surface area (TPSA) is 108 Å². The first-order chi connectivity index (χ1) is 13.5. The van der Waals surface area contributed by atoms with Crippen molar-refractivity contribution in [3.63, 3.8) is 0 Å². The number of carbonyl (C=O) groups is 4. The van der Waals surface area contributed by atoms with Gasteiger partial charge < -0.3 is 14.2 Å². The quantitative estimate of drug-likeness (QED) is 0.554. The van der Waals surface area contributed by atoms with Gasteiger partial charge in [-0.3, -0.25) is 24.5 Å². The Bertz CT molecular complexity index is 878. The van der Waals surface area contributed by atoms with Crippen LogP contribution in [0, 0.1) is 0 Å². The molecule has 9 heteroatoms. The zero-order chi connectivity index (χ0) is 19.9. The molecule has 146 valence electrons. The maximum atomic E-state index is 12.1. The molecule has 0 radical (unpaired) electrons. The maximum Gasteiger partial charge on any atom is 0.306 e. The monoisotopic (exact) mass is 403 g/mol. The van der Waals surface area contributed by atoms with Crippen LogP contribution in [0.2, 0.25) is 0 Å². The highest BCUT2D eigenvalue weighted by molar-refractivity contribution is 7.12. The van der Waals surface area contributed by atoms with Crippen molar-refractivity contribution in [2.45, 2.75) is 18.9 Å². The SMILES string of the molecule is O=C(COC(=O)CCC(=O)c1cccs1)NC(=O)C1COc2ccccc2O1. The number of esters is 1. The zero-order valence-electron chi connectivity index (χ0n) is 14.7. The first kappa shape index (κ1) is 19.6. The van der Waals surface area contributed by atoms with Gasteiger partial charge in [0, 0.05) is 6.42 Å². The molecule has 1 aliphatic rings. The number of para-hydroxylation sites is 2. The lowest BCUT2D eigenvalue weighted by atomic mass is 10.2. The number of fused-ring (bicyclic) bond motifs is 1. The molecule has 2 amide bonds. The second-order valence-electron chi connectivity index (χ2n) is 5.84. The number of imide groups is 1. The van der Waals surface area contributed by atoms with Crippen LogP contribution < -0.4 is 14.8 Å². The number of ketones is 1. The summed E-state index contributed by atoms with van der Waals surface area (Å²) >= 11 is 1.29. The number of rotatable bonds is 7. The van der Waals surface area contributed by atoms with Crippen LogP contribution >= 0.6 is 11.3 Å². The highest BCUT2D eigenvalue weighted by Crippen LogP contribution is 2.30. The molecule has 0 bridgehead atoms. The summed E-state index contributed by atoms with van der Waals surface area (Å²) in [6.07, 6.45) is -1.14. The van der Waals surface area contributed by atoms with Crippen LogP contribution in [-0.2, 0) is 19.1 Å². The molecule has 0 saturated carbocycles. The molecule has 2 aromatic rings. The van der Waals surface area contributed by atoms with E-state index < -0.39 is 30.5 Å². The molecule has 28 heavy (non-hydrogen) atoms. The van der Waals surface area contributed by atoms with Crippen LogP contribution in [0.4, 0.5) is 0 Å². The van der Waals surface area contributed by atoms with Gasteiger partial charge >= 0.3 is 5.97 Å². The van der Waals surface area contributed by atoms with E-state index in [9.17, 15) is 19.2 Å². The summed E-state index contributed by atoms with van der Waals surface area (Å²) in [7, 11) is 0. The predicted octanol–water partition coefficient (Wildman–Crippen LogP) is 1.74. The number of amides is 2. The van der Waals surface area contributed by atoms with Crippen molar-refractivity contribution in [2.24, 2.45) is 0 Å². The zero-order valence-corrected chi connectivity index (χ0v) is 15.5. The molecule has 0 spiro atoms. The van der Waals surface area contributed by atoms with E-state index in [1.165, 1.54) is 11.3 Å². The number of carbonyl (C=O) groups excluding carboxylic acids is 4. The molecule has 3 rings (SSSR count). The fourth-order valence-electron chi connectivity index (χ4n) is 2.40. The summed E-state index contributed by atoms with van der Waals surface area (Å²) in [6, 6.07) is 10.3. The molecule has 0 saturated heterocycles. The number of thiophene rings is 1. The number of Topliss-reactive ketones (excluding diaryl/α,β-unsaturated/α-hetero) is 1. The highest BCUT2D eigenvalue weighted by Gasteiger charge is 2.28. The molecule has 8 nitrogen and oxygen atoms in total. The third-order valence-corrected chi connectivity index (χ3v) is 4.69. The van der Waals surface area contributed by atoms with Crippen molar-refractivity contribution in [1.82, 2.24) is 5.32 Å². The molecule has 1 unspecified atom stereocenters. The second-order valence-corrected chi connectivity index (χ2v) is 6.79. The van der Waals surface area contributed by atoms with Gasteiger partial charge in [0.05, 0.1) is 11.3 Å². The van der Waals surface area contributed by atoms with Crippen molar-refractivity contribution in [3.8, 4) is 11.5 Å². The average molecular weight is 403 g/mol. The Morgan fingerprint density at radius 3 is 2.61 bits per heavy atom. The van der Waals surface area contributed by atoms with Crippen LogP contribution in [0.3, 0.4) is 0 Å². The van der Waals surface area contributed by atoms with Crippen LogP contribution in [-0.4, -0.2) is 42.9 Å². The van der Waals surface area contributed by atoms with E-state index in [4.69, 9.17) is 14.2 Å². The minimum Gasteiger partial charge on any atom is -0.485 e. The third kappa shape index (κ3) is 5.17. The van der Waals surface area contributed by atoms with Crippen molar-refractivity contribution < 1.29 is 33.4 Å². The first-order valence-corrected chi connectivity index (χ1v) is 9.35. The molecule has 1 atom stereocenters. The fraction of sp³-hybridized carbons (Fsp3) is 0.263. The van der Waals surface area contributed by atoms with E-state index in [2.05, 4.69) is 5.32 Å². The summed E-state index contributed by atoms with van der Waals surface area (Å²) in [6.45, 7) is -0.664. The Balaban J connectivity index is 1.37. The van der Waals surface area contributed by atoms with Gasteiger partial charge in [-0.05, 0) is 23.6 Å². The van der Waals surface area contributed by atoms with Crippen LogP contribution in [0.15, 0.2) is 41.8 Å². The molecular formula is C19H17NO7S. The highest BCUT2D eigenvalue weighted by atomic mass is 32.1. The number of ether oxygens (including phenoxy) is 3. The lowest BCUT2D eigenvalue weighted by Gasteiger charge is -2.25. The van der Waals surface area contributed by atoms with Crippen LogP contribution in [0.5, 0.6) is 11.5 Å². The summed E-state index contributed by atoms with van der Waals surface area (Å²) in [4.78, 5) is 47.9. The molecule has 1 N–H and O–H groups in total. The summed E-state index contributed by atoms with van der Waals surface area (Å²) < 4.78 is 15.7. The van der Waals surface area contributed by atoms with E-state index in [0.717, 1.165) is 0 Å². The maximum absolute atomic E-state index is 12.1. The molecule has 0 aliphatic carbocycles. The van der Waals surface area contributed by atoms with Gasteiger partial charge in [-0.1, -0.05) is 18.2 Å². The second kappa shape index (κ2) is 9.14. The van der Waals surface area contributed by atoms with E-state index in [0.29, 0.717) is 16.4 Å². The van der Waals surface area contributed by atoms with E-state index >= 15 is 0 Å². The van der Waals surface area contributed by atoms with Gasteiger partial charge in [0.25, 0.3) is 11.8 Å². The number of hydrogen-bond acceptors (Lipinski definition) is 8. The predicted molar refractivity (Wildman–Crippen MR) is 98.3 cm³/mol. The smallest absolute Gasteiger partial charge is 0.306 e. The minimum atomic E-state index is -0.988. The third-order valence-electron chi connectivity index (χ3n) is 3.78. The van der Waals surface area contributed by atoms with Crippen molar-refractivity contribution >= 4 is 34.9 Å². The van der Waals surface area contributed by atoms with Crippen LogP contribution in [0.1, 0.15) is 22.5 Å². The Morgan fingerprint density at radius 1 is 1.07 bits per heavy atom. The standard InChI is InChI=1S/C19H17NO7S/c21-12(16-6-3-9-28-16)7-8-18(23)26-11-17(22)20-19(24)15-10-25-13-4-1-2-5-14(13)27-15/h1-6,9,15H,7-8,10-11H2,(H,20,22,24). The van der Waals surface area contributed by atoms with Gasteiger partial charge in [-0.2, -0.15) is 0 Å². The van der Waals surface area contributed by atoms with Gasteiger partial charge in [-0.15, -0.1) is 11.3 Å². The minimum absolute atomic E-state index is 0.00738. The largest absolute Gasteiger partial charge is 0.485 e. The molecule has 2 heterocycles. The van der Waals surface area contributed by atoms with Crippen LogP contribution in [0.25, 0.3) is 0 Å². The molecule has 1 aliphatic heterocycles. The molecule has 1 aromatic carbocycles. The number of nitrogens with one attached hydrogen (secondary N) is 1. The van der Waals surface area contributed by atoms with Gasteiger partial charge in [0.1, 0.15) is 6.61 Å². The van der Waals surface area contributed by atoms with Gasteiger partial charge in [0.2, 0.25) is 6.10 Å². The normalized spacial score (nSPS) is 14.8. The Hall–Kier alpha value is -3.20. The summed E-state index contributed by atoms with van der Waals surface area (Å²) in [5.41, 5.74) is 0. The Kier molecular flexibility index (Phi) is 6.38. The lowest BCUT2D eigenvalue weighted by molar-refractivity contribution is -0.150. The summed E-state index contributed by atoms with van der Waals surface area (Å²) in [5.74, 6) is -1.42. The van der Waals surface area contributed by atoms with Crippen molar-refractivity contribution in [1.29, 1.82) is 0 Å². The molecule has 1 aromatic heterocycles. The van der Waals surface area contributed by atoms with Gasteiger partial charge in [-0.25, -0.2) is 0 Å². The van der Waals surface area contributed by atoms with E-state index in [-0.39, 0.29) is 25.2 Å². The van der Waals surface area contributed by atoms with Crippen molar-refractivity contribution in [2.75, 3.05) is 13.2 Å². The summed E-state index contributed by atoms with van der Waals surface area (Å²) in [5, 5.41) is 3.87. The Labute approximate surface area is 164 Å². The molecule has 0 fully saturated rings. The Morgan fingerprint density at radius 2 is 1.86 bits per heavy atom. The van der Waals surface area contributed by atoms with Crippen molar-refractivity contribution in [3.05, 3.63) is 46.7 Å². The lowest BCUT2D eigenvalue weighted by Crippen LogP contribution is -2.47. The van der Waals surface area contributed by atoms with E-state index in [1.54, 1.807) is 41.8 Å². The fourth-order valence-corrected chi connectivity index (χ4v) is 3.09.